The number of carbonyl (C=O) groups is 1. The van der Waals surface area contributed by atoms with Crippen LogP contribution in [0, 0.1) is 5.82 Å². The van der Waals surface area contributed by atoms with E-state index in [4.69, 9.17) is 4.98 Å². The molecule has 1 N–H and O–H groups in total. The lowest BCUT2D eigenvalue weighted by Gasteiger charge is -2.29. The molecule has 1 aliphatic carbocycles. The Morgan fingerprint density at radius 1 is 1.13 bits per heavy atom. The van der Waals surface area contributed by atoms with Crippen LogP contribution in [0.25, 0.3) is 17.2 Å². The van der Waals surface area contributed by atoms with Crippen molar-refractivity contribution in [2.45, 2.75) is 63.5 Å². The predicted molar refractivity (Wildman–Crippen MR) is 131 cm³/mol. The van der Waals surface area contributed by atoms with E-state index in [-0.39, 0.29) is 30.4 Å². The Labute approximate surface area is 215 Å². The standard InChI is InChI=1S/C26H25F4N7O/c1-25(2,19-8-7-16(27)12-32-19)20-21(15-5-6-15)35-22(36-23(20)33-14-38)18-13-37-11-10-31-24(37)17(34-18)4-3-9-26(28,29)30/h7-8,10-15H,3-6,9H2,1-2H3,(H,33,35,36,38). The summed E-state index contributed by atoms with van der Waals surface area (Å²) in [6.07, 6.45) is 3.10. The number of nitrogens with zero attached hydrogens (tertiary/aromatic N) is 6. The molecule has 4 heterocycles. The van der Waals surface area contributed by atoms with Gasteiger partial charge in [-0.2, -0.15) is 13.2 Å². The largest absolute Gasteiger partial charge is 0.389 e. The minimum Gasteiger partial charge on any atom is -0.313 e. The fourth-order valence-electron chi connectivity index (χ4n) is 4.62. The van der Waals surface area contributed by atoms with Crippen molar-refractivity contribution in [3.05, 3.63) is 65.4 Å². The number of carbonyl (C=O) groups excluding carboxylic acids is 1. The zero-order chi connectivity index (χ0) is 27.1. The van der Waals surface area contributed by atoms with Gasteiger partial charge in [0.1, 0.15) is 17.3 Å². The van der Waals surface area contributed by atoms with E-state index in [1.807, 2.05) is 13.8 Å². The normalized spacial score (nSPS) is 14.2. The average molecular weight is 528 g/mol. The Morgan fingerprint density at radius 2 is 1.92 bits per heavy atom. The van der Waals surface area contributed by atoms with Gasteiger partial charge in [-0.3, -0.25) is 9.78 Å². The number of amides is 1. The van der Waals surface area contributed by atoms with Gasteiger partial charge in [0.2, 0.25) is 6.41 Å². The van der Waals surface area contributed by atoms with Crippen molar-refractivity contribution < 1.29 is 22.4 Å². The highest BCUT2D eigenvalue weighted by Crippen LogP contribution is 2.47. The first-order chi connectivity index (χ1) is 18.1. The third-order valence-electron chi connectivity index (χ3n) is 6.64. The van der Waals surface area contributed by atoms with Crippen molar-refractivity contribution in [3.8, 4) is 11.5 Å². The Kier molecular flexibility index (Phi) is 6.58. The van der Waals surface area contributed by atoms with Crippen LogP contribution >= 0.6 is 0 Å². The number of anilines is 1. The number of halogens is 4. The molecular weight excluding hydrogens is 502 g/mol. The maximum atomic E-state index is 13.6. The van der Waals surface area contributed by atoms with Gasteiger partial charge in [0.25, 0.3) is 0 Å². The molecule has 12 heteroatoms. The second-order valence-corrected chi connectivity index (χ2v) is 9.88. The number of pyridine rings is 1. The number of hydrogen-bond acceptors (Lipinski definition) is 6. The van der Waals surface area contributed by atoms with Gasteiger partial charge in [-0.1, -0.05) is 0 Å². The molecule has 4 aromatic rings. The molecule has 1 fully saturated rings. The molecule has 4 aromatic heterocycles. The summed E-state index contributed by atoms with van der Waals surface area (Å²) in [4.78, 5) is 34.2. The summed E-state index contributed by atoms with van der Waals surface area (Å²) in [6.45, 7) is 3.81. The number of imidazole rings is 1. The number of rotatable bonds is 9. The van der Waals surface area contributed by atoms with Crippen molar-refractivity contribution >= 4 is 17.9 Å². The van der Waals surface area contributed by atoms with Crippen LogP contribution in [0.3, 0.4) is 0 Å². The minimum absolute atomic E-state index is 0.0736. The van der Waals surface area contributed by atoms with Gasteiger partial charge in [0, 0.05) is 41.9 Å². The van der Waals surface area contributed by atoms with E-state index in [9.17, 15) is 22.4 Å². The fourth-order valence-corrected chi connectivity index (χ4v) is 4.62. The first-order valence-corrected chi connectivity index (χ1v) is 12.2. The van der Waals surface area contributed by atoms with Crippen LogP contribution < -0.4 is 5.32 Å². The van der Waals surface area contributed by atoms with E-state index in [0.29, 0.717) is 34.7 Å². The Hall–Kier alpha value is -3.96. The monoisotopic (exact) mass is 527 g/mol. The van der Waals surface area contributed by atoms with Crippen LogP contribution in [-0.2, 0) is 16.6 Å². The van der Waals surface area contributed by atoms with Gasteiger partial charge in [-0.05, 0) is 51.7 Å². The van der Waals surface area contributed by atoms with Crippen LogP contribution in [0.5, 0.6) is 0 Å². The van der Waals surface area contributed by atoms with E-state index in [1.165, 1.54) is 6.07 Å². The zero-order valence-electron chi connectivity index (χ0n) is 20.8. The van der Waals surface area contributed by atoms with Crippen molar-refractivity contribution in [2.24, 2.45) is 0 Å². The topological polar surface area (TPSA) is 98.0 Å². The van der Waals surface area contributed by atoms with Crippen molar-refractivity contribution in [2.75, 3.05) is 5.32 Å². The smallest absolute Gasteiger partial charge is 0.313 e. The van der Waals surface area contributed by atoms with Gasteiger partial charge in [-0.15, -0.1) is 0 Å². The molecule has 0 unspecified atom stereocenters. The molecule has 0 aromatic carbocycles. The van der Waals surface area contributed by atoms with E-state index in [0.717, 1.165) is 24.7 Å². The summed E-state index contributed by atoms with van der Waals surface area (Å²) >= 11 is 0. The van der Waals surface area contributed by atoms with E-state index >= 15 is 0 Å². The Bertz CT molecular complexity index is 1480. The number of aromatic nitrogens is 6. The summed E-state index contributed by atoms with van der Waals surface area (Å²) < 4.78 is 53.5. The SMILES string of the molecule is CC(C)(c1ccc(F)cn1)c1c(NC=O)nc(-c2cn3ccnc3c(CCCC(F)(F)F)n2)nc1C1CC1. The molecular formula is C26H25F4N7O. The number of fused-ring (bicyclic) bond motifs is 1. The number of alkyl halides is 3. The average Bonchev–Trinajstić information content (AvgIpc) is 3.60. The summed E-state index contributed by atoms with van der Waals surface area (Å²) in [7, 11) is 0. The first kappa shape index (κ1) is 25.7. The lowest BCUT2D eigenvalue weighted by Crippen LogP contribution is -2.26. The quantitative estimate of drug-likeness (QED) is 0.232. The van der Waals surface area contributed by atoms with Crippen molar-refractivity contribution in [1.82, 2.24) is 29.3 Å². The zero-order valence-corrected chi connectivity index (χ0v) is 20.8. The summed E-state index contributed by atoms with van der Waals surface area (Å²) in [5.41, 5.74) is 2.40. The highest BCUT2D eigenvalue weighted by atomic mass is 19.4. The van der Waals surface area contributed by atoms with Gasteiger partial charge in [-0.25, -0.2) is 24.3 Å². The molecule has 0 saturated heterocycles. The van der Waals surface area contributed by atoms with Crippen LogP contribution in [0.2, 0.25) is 0 Å². The molecule has 1 saturated carbocycles. The maximum absolute atomic E-state index is 13.6. The lowest BCUT2D eigenvalue weighted by molar-refractivity contribution is -0.135. The van der Waals surface area contributed by atoms with E-state index in [2.05, 4.69) is 25.3 Å². The number of aryl methyl sites for hydroxylation is 1. The number of hydrogen-bond donors (Lipinski definition) is 1. The van der Waals surface area contributed by atoms with Gasteiger partial charge in [0.15, 0.2) is 11.5 Å². The Balaban J connectivity index is 1.62. The molecule has 0 radical (unpaired) electrons. The Morgan fingerprint density at radius 3 is 2.58 bits per heavy atom. The molecule has 1 amide bonds. The van der Waals surface area contributed by atoms with Gasteiger partial charge < -0.3 is 9.72 Å². The first-order valence-electron chi connectivity index (χ1n) is 12.2. The summed E-state index contributed by atoms with van der Waals surface area (Å²) in [6, 6.07) is 2.92. The third-order valence-corrected chi connectivity index (χ3v) is 6.64. The lowest BCUT2D eigenvalue weighted by atomic mass is 9.79. The second-order valence-electron chi connectivity index (χ2n) is 9.88. The second kappa shape index (κ2) is 9.73. The summed E-state index contributed by atoms with van der Waals surface area (Å²) in [5, 5.41) is 2.69. The molecule has 8 nitrogen and oxygen atoms in total. The van der Waals surface area contributed by atoms with Crippen LogP contribution in [0.1, 0.15) is 68.1 Å². The molecule has 0 atom stereocenters. The minimum atomic E-state index is -4.26. The molecule has 38 heavy (non-hydrogen) atoms. The third kappa shape index (κ3) is 5.20. The van der Waals surface area contributed by atoms with Crippen LogP contribution in [-0.4, -0.2) is 41.9 Å². The molecule has 0 aliphatic heterocycles. The van der Waals surface area contributed by atoms with Crippen LogP contribution in [0.4, 0.5) is 23.4 Å². The van der Waals surface area contributed by atoms with Crippen molar-refractivity contribution in [1.29, 1.82) is 0 Å². The molecule has 1 aliphatic rings. The summed E-state index contributed by atoms with van der Waals surface area (Å²) in [5.74, 6) is 0.170. The highest BCUT2D eigenvalue weighted by molar-refractivity contribution is 5.74. The van der Waals surface area contributed by atoms with Gasteiger partial charge >= 0.3 is 6.18 Å². The van der Waals surface area contributed by atoms with Crippen molar-refractivity contribution in [3.63, 3.8) is 0 Å². The van der Waals surface area contributed by atoms with E-state index in [1.54, 1.807) is 29.1 Å². The van der Waals surface area contributed by atoms with E-state index < -0.39 is 23.8 Å². The highest BCUT2D eigenvalue weighted by Gasteiger charge is 2.38. The van der Waals surface area contributed by atoms with Crippen LogP contribution in [0.15, 0.2) is 36.9 Å². The molecule has 198 valence electrons. The predicted octanol–water partition coefficient (Wildman–Crippen LogP) is 5.38. The molecule has 0 bridgehead atoms. The molecule has 5 rings (SSSR count). The molecule has 0 spiro atoms. The maximum Gasteiger partial charge on any atom is 0.389 e. The number of nitrogens with one attached hydrogen (secondary N) is 1. The fraction of sp³-hybridized carbons (Fsp3) is 0.385. The van der Waals surface area contributed by atoms with Gasteiger partial charge in [0.05, 0.1) is 23.3 Å².